The topological polar surface area (TPSA) is 92.9 Å². The average molecular weight is 358 g/mol. The second kappa shape index (κ2) is 6.90. The molecule has 25 heavy (non-hydrogen) atoms. The Balaban J connectivity index is 1.81. The molecule has 0 fully saturated rings. The Labute approximate surface area is 149 Å². The molecule has 0 unspecified atom stereocenters. The Kier molecular flexibility index (Phi) is 4.67. The summed E-state index contributed by atoms with van der Waals surface area (Å²) in [5.74, 6) is 1.73. The number of hydrogen-bond donors (Lipinski definition) is 2. The van der Waals surface area contributed by atoms with Crippen molar-refractivity contribution in [3.05, 3.63) is 58.2 Å². The number of hydrogen-bond acceptors (Lipinski definition) is 6. The van der Waals surface area contributed by atoms with Crippen molar-refractivity contribution in [1.29, 1.82) is 0 Å². The molecule has 0 bridgehead atoms. The first kappa shape index (κ1) is 16.9. The van der Waals surface area contributed by atoms with Crippen molar-refractivity contribution in [1.82, 2.24) is 15.1 Å². The minimum atomic E-state index is -0.357. The largest absolute Gasteiger partial charge is 0.360 e. The Morgan fingerprint density at radius 2 is 1.88 bits per heavy atom. The number of nitrogens with one attached hydrogen (secondary N) is 2. The maximum absolute atomic E-state index is 12.5. The Morgan fingerprint density at radius 3 is 2.56 bits per heavy atom. The summed E-state index contributed by atoms with van der Waals surface area (Å²) in [5, 5.41) is 10.2. The second-order valence-corrected chi connectivity index (χ2v) is 5.96. The van der Waals surface area contributed by atoms with Gasteiger partial charge in [-0.15, -0.1) is 0 Å². The van der Waals surface area contributed by atoms with Crippen LogP contribution in [0.3, 0.4) is 0 Å². The number of anilines is 3. The first-order valence-corrected chi connectivity index (χ1v) is 7.92. The van der Waals surface area contributed by atoms with Crippen LogP contribution in [0.5, 0.6) is 0 Å². The third-order valence-corrected chi connectivity index (χ3v) is 3.79. The highest BCUT2D eigenvalue weighted by Gasteiger charge is 2.12. The third-order valence-electron chi connectivity index (χ3n) is 3.38. The fraction of sp³-hybridized carbons (Fsp3) is 0.176. The van der Waals surface area contributed by atoms with Crippen LogP contribution in [0.2, 0.25) is 5.02 Å². The molecule has 3 aromatic rings. The first-order chi connectivity index (χ1) is 11.9. The van der Waals surface area contributed by atoms with Crippen LogP contribution in [0.15, 0.2) is 34.9 Å². The van der Waals surface area contributed by atoms with E-state index in [1.165, 1.54) is 0 Å². The maximum atomic E-state index is 12.5. The highest BCUT2D eigenvalue weighted by atomic mass is 35.5. The smallest absolute Gasteiger partial charge is 0.274 e. The van der Waals surface area contributed by atoms with Crippen molar-refractivity contribution >= 4 is 34.8 Å². The van der Waals surface area contributed by atoms with Gasteiger partial charge in [0, 0.05) is 22.8 Å². The summed E-state index contributed by atoms with van der Waals surface area (Å²) >= 11 is 6.08. The lowest BCUT2D eigenvalue weighted by Gasteiger charge is -2.08. The molecule has 0 aliphatic heterocycles. The predicted octanol–water partition coefficient (Wildman–Crippen LogP) is 4.04. The van der Waals surface area contributed by atoms with Crippen LogP contribution in [-0.4, -0.2) is 21.0 Å². The molecule has 0 aliphatic carbocycles. The average Bonchev–Trinajstić information content (AvgIpc) is 2.95. The molecule has 0 saturated carbocycles. The Bertz CT molecular complexity index is 939. The minimum Gasteiger partial charge on any atom is -0.360 e. The molecule has 0 spiro atoms. The molecule has 2 heterocycles. The molecule has 2 N–H and O–H groups in total. The lowest BCUT2D eigenvalue weighted by Crippen LogP contribution is -2.15. The van der Waals surface area contributed by atoms with Crippen LogP contribution in [0.1, 0.15) is 27.6 Å². The van der Waals surface area contributed by atoms with E-state index in [2.05, 4.69) is 25.8 Å². The van der Waals surface area contributed by atoms with Crippen LogP contribution in [0, 0.1) is 20.8 Å². The van der Waals surface area contributed by atoms with Crippen LogP contribution >= 0.6 is 11.6 Å². The van der Waals surface area contributed by atoms with Gasteiger partial charge < -0.3 is 15.2 Å². The van der Waals surface area contributed by atoms with Gasteiger partial charge in [0.25, 0.3) is 5.91 Å². The highest BCUT2D eigenvalue weighted by Crippen LogP contribution is 2.21. The van der Waals surface area contributed by atoms with Gasteiger partial charge in [-0.1, -0.05) is 22.8 Å². The number of carbonyl (C=O) groups is 1. The summed E-state index contributed by atoms with van der Waals surface area (Å²) < 4.78 is 5.00. The van der Waals surface area contributed by atoms with Gasteiger partial charge >= 0.3 is 0 Å². The zero-order valence-electron chi connectivity index (χ0n) is 13.9. The standard InChI is InChI=1S/C17H16ClN5O2/c1-9-4-5-12(7-13(9)18)21-17(24)14-8-15(20-11(3)19-14)22-16-6-10(2)25-23-16/h4-8H,1-3H3,(H,21,24)(H,19,20,22,23). The molecular weight excluding hydrogens is 342 g/mol. The molecule has 0 radical (unpaired) electrons. The Morgan fingerprint density at radius 1 is 1.08 bits per heavy atom. The van der Waals surface area contributed by atoms with Gasteiger partial charge in [0.2, 0.25) is 0 Å². The molecule has 7 nitrogen and oxygen atoms in total. The van der Waals surface area contributed by atoms with Gasteiger partial charge in [0.15, 0.2) is 5.82 Å². The fourth-order valence-corrected chi connectivity index (χ4v) is 2.35. The third kappa shape index (κ3) is 4.13. The zero-order chi connectivity index (χ0) is 18.0. The van der Waals surface area contributed by atoms with Crippen molar-refractivity contribution in [2.45, 2.75) is 20.8 Å². The van der Waals surface area contributed by atoms with Crippen molar-refractivity contribution in [3.8, 4) is 0 Å². The van der Waals surface area contributed by atoms with E-state index >= 15 is 0 Å². The summed E-state index contributed by atoms with van der Waals surface area (Å²) in [6.45, 7) is 5.39. The summed E-state index contributed by atoms with van der Waals surface area (Å²) in [7, 11) is 0. The molecule has 0 atom stereocenters. The number of rotatable bonds is 4. The Hall–Kier alpha value is -2.93. The predicted molar refractivity (Wildman–Crippen MR) is 95.4 cm³/mol. The molecule has 8 heteroatoms. The van der Waals surface area contributed by atoms with E-state index in [-0.39, 0.29) is 11.6 Å². The monoisotopic (exact) mass is 357 g/mol. The number of aromatic nitrogens is 3. The summed E-state index contributed by atoms with van der Waals surface area (Å²) in [5.41, 5.74) is 1.76. The van der Waals surface area contributed by atoms with E-state index in [1.54, 1.807) is 38.1 Å². The summed E-state index contributed by atoms with van der Waals surface area (Å²) in [6.07, 6.45) is 0. The summed E-state index contributed by atoms with van der Waals surface area (Å²) in [6, 6.07) is 8.58. The SMILES string of the molecule is Cc1nc(Nc2cc(C)on2)cc(C(=O)Nc2ccc(C)c(Cl)c2)n1. The van der Waals surface area contributed by atoms with Crippen molar-refractivity contribution in [2.75, 3.05) is 10.6 Å². The lowest BCUT2D eigenvalue weighted by atomic mass is 10.2. The number of halogens is 1. The van der Waals surface area contributed by atoms with Crippen molar-refractivity contribution in [2.24, 2.45) is 0 Å². The molecule has 0 saturated heterocycles. The zero-order valence-corrected chi connectivity index (χ0v) is 14.7. The van der Waals surface area contributed by atoms with E-state index in [0.717, 1.165) is 5.56 Å². The fourth-order valence-electron chi connectivity index (χ4n) is 2.17. The van der Waals surface area contributed by atoms with Gasteiger partial charge in [0.05, 0.1) is 0 Å². The number of nitrogens with zero attached hydrogens (tertiary/aromatic N) is 3. The number of aryl methyl sites for hydroxylation is 3. The van der Waals surface area contributed by atoms with E-state index < -0.39 is 0 Å². The maximum Gasteiger partial charge on any atom is 0.274 e. The van der Waals surface area contributed by atoms with Crippen molar-refractivity contribution < 1.29 is 9.32 Å². The molecular formula is C17H16ClN5O2. The number of amides is 1. The lowest BCUT2D eigenvalue weighted by molar-refractivity contribution is 0.102. The molecule has 2 aromatic heterocycles. The number of benzene rings is 1. The van der Waals surface area contributed by atoms with E-state index in [4.69, 9.17) is 16.1 Å². The molecule has 128 valence electrons. The van der Waals surface area contributed by atoms with Gasteiger partial charge in [0.1, 0.15) is 23.1 Å². The first-order valence-electron chi connectivity index (χ1n) is 7.54. The number of carbonyl (C=O) groups excluding carboxylic acids is 1. The minimum absolute atomic E-state index is 0.229. The normalized spacial score (nSPS) is 10.6. The molecule has 3 rings (SSSR count). The van der Waals surface area contributed by atoms with Gasteiger partial charge in [-0.3, -0.25) is 4.79 Å². The summed E-state index contributed by atoms with van der Waals surface area (Å²) in [4.78, 5) is 20.9. The quantitative estimate of drug-likeness (QED) is 0.732. The van der Waals surface area contributed by atoms with E-state index in [0.29, 0.717) is 33.9 Å². The second-order valence-electron chi connectivity index (χ2n) is 5.55. The van der Waals surface area contributed by atoms with Crippen molar-refractivity contribution in [3.63, 3.8) is 0 Å². The van der Waals surface area contributed by atoms with E-state index in [9.17, 15) is 4.79 Å². The van der Waals surface area contributed by atoms with Crippen LogP contribution in [0.25, 0.3) is 0 Å². The molecule has 1 aromatic carbocycles. The van der Waals surface area contributed by atoms with Gasteiger partial charge in [-0.05, 0) is 38.5 Å². The van der Waals surface area contributed by atoms with Crippen LogP contribution < -0.4 is 10.6 Å². The molecule has 0 aliphatic rings. The van der Waals surface area contributed by atoms with Gasteiger partial charge in [-0.2, -0.15) is 0 Å². The van der Waals surface area contributed by atoms with Gasteiger partial charge in [-0.25, -0.2) is 9.97 Å². The van der Waals surface area contributed by atoms with Crippen LogP contribution in [-0.2, 0) is 0 Å². The van der Waals surface area contributed by atoms with E-state index in [1.807, 2.05) is 13.0 Å². The highest BCUT2D eigenvalue weighted by molar-refractivity contribution is 6.31. The van der Waals surface area contributed by atoms with Crippen LogP contribution in [0.4, 0.5) is 17.3 Å². The molecule has 1 amide bonds.